The van der Waals surface area contributed by atoms with Gasteiger partial charge in [-0.15, -0.1) is 11.3 Å². The maximum Gasteiger partial charge on any atom is 0.260 e. The third-order valence-electron chi connectivity index (χ3n) is 4.48. The SMILES string of the molecule is O=c1[nH]c(SCC2CCCCO2)nc2sc3c(c12)CCCC3. The van der Waals surface area contributed by atoms with E-state index in [1.54, 1.807) is 23.1 Å². The number of fused-ring (bicyclic) bond motifs is 3. The Bertz CT molecular complexity index is 732. The molecule has 1 aliphatic carbocycles. The normalized spacial score (nSPS) is 21.9. The Labute approximate surface area is 137 Å². The van der Waals surface area contributed by atoms with Crippen LogP contribution in [0.3, 0.4) is 0 Å². The molecule has 1 fully saturated rings. The summed E-state index contributed by atoms with van der Waals surface area (Å²) >= 11 is 3.33. The van der Waals surface area contributed by atoms with E-state index in [-0.39, 0.29) is 5.56 Å². The summed E-state index contributed by atoms with van der Waals surface area (Å²) in [7, 11) is 0. The number of nitrogens with zero attached hydrogens (tertiary/aromatic N) is 1. The largest absolute Gasteiger partial charge is 0.377 e. The van der Waals surface area contributed by atoms with E-state index in [1.807, 2.05) is 0 Å². The quantitative estimate of drug-likeness (QED) is 0.688. The lowest BCUT2D eigenvalue weighted by molar-refractivity contribution is 0.0315. The van der Waals surface area contributed by atoms with Crippen molar-refractivity contribution in [3.8, 4) is 0 Å². The van der Waals surface area contributed by atoms with Crippen LogP contribution < -0.4 is 5.56 Å². The molecule has 1 unspecified atom stereocenters. The van der Waals surface area contributed by atoms with Crippen LogP contribution in [-0.2, 0) is 17.6 Å². The molecular weight excluding hydrogens is 316 g/mol. The van der Waals surface area contributed by atoms with Gasteiger partial charge in [0.2, 0.25) is 0 Å². The monoisotopic (exact) mass is 336 g/mol. The first-order chi connectivity index (χ1) is 10.8. The van der Waals surface area contributed by atoms with Crippen LogP contribution in [0.1, 0.15) is 42.5 Å². The number of nitrogens with one attached hydrogen (secondary N) is 1. The number of hydrogen-bond acceptors (Lipinski definition) is 5. The van der Waals surface area contributed by atoms with Gasteiger partial charge in [0.15, 0.2) is 5.16 Å². The van der Waals surface area contributed by atoms with E-state index in [0.717, 1.165) is 47.0 Å². The fourth-order valence-electron chi connectivity index (χ4n) is 3.32. The fourth-order valence-corrected chi connectivity index (χ4v) is 5.57. The smallest absolute Gasteiger partial charge is 0.260 e. The standard InChI is InChI=1S/C16H20N2O2S2/c19-14-13-11-6-1-2-7-12(11)22-15(13)18-16(17-14)21-9-10-5-3-4-8-20-10/h10H,1-9H2,(H,17,18,19). The minimum absolute atomic E-state index is 0.0384. The van der Waals surface area contributed by atoms with Crippen LogP contribution in [0.5, 0.6) is 0 Å². The second kappa shape index (κ2) is 6.34. The van der Waals surface area contributed by atoms with Crippen molar-refractivity contribution in [3.05, 3.63) is 20.8 Å². The number of rotatable bonds is 3. The maximum atomic E-state index is 12.5. The number of hydrogen-bond donors (Lipinski definition) is 1. The van der Waals surface area contributed by atoms with E-state index in [9.17, 15) is 4.79 Å². The fraction of sp³-hybridized carbons (Fsp3) is 0.625. The number of aromatic amines is 1. The van der Waals surface area contributed by atoms with Gasteiger partial charge in [0.1, 0.15) is 4.83 Å². The Kier molecular flexibility index (Phi) is 4.24. The van der Waals surface area contributed by atoms with E-state index < -0.39 is 0 Å². The number of thiophene rings is 1. The lowest BCUT2D eigenvalue weighted by Crippen LogP contribution is -2.21. The predicted octanol–water partition coefficient (Wildman–Crippen LogP) is 3.52. The van der Waals surface area contributed by atoms with Gasteiger partial charge in [-0.2, -0.15) is 0 Å². The lowest BCUT2D eigenvalue weighted by atomic mass is 9.97. The van der Waals surface area contributed by atoms with Gasteiger partial charge >= 0.3 is 0 Å². The van der Waals surface area contributed by atoms with Crippen molar-refractivity contribution in [2.75, 3.05) is 12.4 Å². The Balaban J connectivity index is 1.58. The first-order valence-corrected chi connectivity index (χ1v) is 9.90. The van der Waals surface area contributed by atoms with Crippen molar-refractivity contribution in [1.82, 2.24) is 9.97 Å². The highest BCUT2D eigenvalue weighted by Crippen LogP contribution is 2.34. The molecule has 1 saturated heterocycles. The van der Waals surface area contributed by atoms with Crippen molar-refractivity contribution in [2.24, 2.45) is 0 Å². The summed E-state index contributed by atoms with van der Waals surface area (Å²) in [4.78, 5) is 22.4. The molecule has 118 valence electrons. The first-order valence-electron chi connectivity index (χ1n) is 8.10. The van der Waals surface area contributed by atoms with Gasteiger partial charge in [-0.1, -0.05) is 11.8 Å². The third kappa shape index (κ3) is 2.84. The molecule has 3 heterocycles. The summed E-state index contributed by atoms with van der Waals surface area (Å²) < 4.78 is 5.75. The molecule has 0 aromatic carbocycles. The van der Waals surface area contributed by atoms with Crippen LogP contribution >= 0.6 is 23.1 Å². The van der Waals surface area contributed by atoms with Gasteiger partial charge in [0, 0.05) is 17.2 Å². The predicted molar refractivity (Wildman–Crippen MR) is 91.2 cm³/mol. The lowest BCUT2D eigenvalue weighted by Gasteiger charge is -2.21. The van der Waals surface area contributed by atoms with Crippen LogP contribution in [0.2, 0.25) is 0 Å². The number of aromatic nitrogens is 2. The minimum Gasteiger partial charge on any atom is -0.377 e. The zero-order valence-electron chi connectivity index (χ0n) is 12.5. The minimum atomic E-state index is 0.0384. The topological polar surface area (TPSA) is 55.0 Å². The Morgan fingerprint density at radius 2 is 2.18 bits per heavy atom. The third-order valence-corrected chi connectivity index (χ3v) is 6.67. The molecule has 2 aromatic heterocycles. The Hall–Kier alpha value is -0.850. The number of aryl methyl sites for hydroxylation is 2. The highest BCUT2D eigenvalue weighted by molar-refractivity contribution is 7.99. The van der Waals surface area contributed by atoms with Gasteiger partial charge in [-0.3, -0.25) is 4.79 Å². The van der Waals surface area contributed by atoms with Crippen molar-refractivity contribution < 1.29 is 4.74 Å². The zero-order chi connectivity index (χ0) is 14.9. The molecule has 0 bridgehead atoms. The average molecular weight is 336 g/mol. The van der Waals surface area contributed by atoms with Crippen molar-refractivity contribution in [1.29, 1.82) is 0 Å². The molecule has 6 heteroatoms. The van der Waals surface area contributed by atoms with Gasteiger partial charge in [-0.05, 0) is 50.5 Å². The van der Waals surface area contributed by atoms with Crippen LogP contribution in [-0.4, -0.2) is 28.4 Å². The molecule has 0 radical (unpaired) electrons. The summed E-state index contributed by atoms with van der Waals surface area (Å²) in [6.45, 7) is 0.867. The second-order valence-corrected chi connectivity index (χ2v) is 8.15. The van der Waals surface area contributed by atoms with E-state index in [2.05, 4.69) is 4.98 Å². The molecule has 2 aliphatic rings. The average Bonchev–Trinajstić information content (AvgIpc) is 2.92. The number of thioether (sulfide) groups is 1. The van der Waals surface area contributed by atoms with Gasteiger partial charge in [0.05, 0.1) is 11.5 Å². The van der Waals surface area contributed by atoms with Crippen LogP contribution in [0.4, 0.5) is 0 Å². The van der Waals surface area contributed by atoms with Crippen molar-refractivity contribution >= 4 is 33.3 Å². The molecule has 4 nitrogen and oxygen atoms in total. The second-order valence-electron chi connectivity index (χ2n) is 6.06. The van der Waals surface area contributed by atoms with E-state index in [0.29, 0.717) is 6.10 Å². The van der Waals surface area contributed by atoms with Crippen LogP contribution in [0, 0.1) is 0 Å². The highest BCUT2D eigenvalue weighted by Gasteiger charge is 2.20. The van der Waals surface area contributed by atoms with Gasteiger partial charge in [0.25, 0.3) is 5.56 Å². The maximum absolute atomic E-state index is 12.5. The Morgan fingerprint density at radius 3 is 3.05 bits per heavy atom. The Morgan fingerprint density at radius 1 is 1.27 bits per heavy atom. The van der Waals surface area contributed by atoms with E-state index in [4.69, 9.17) is 9.72 Å². The van der Waals surface area contributed by atoms with Crippen LogP contribution in [0.25, 0.3) is 10.2 Å². The summed E-state index contributed by atoms with van der Waals surface area (Å²) in [6.07, 6.45) is 8.39. The zero-order valence-corrected chi connectivity index (χ0v) is 14.2. The van der Waals surface area contributed by atoms with Crippen molar-refractivity contribution in [2.45, 2.75) is 56.2 Å². The van der Waals surface area contributed by atoms with E-state index >= 15 is 0 Å². The highest BCUT2D eigenvalue weighted by atomic mass is 32.2. The van der Waals surface area contributed by atoms with Crippen molar-refractivity contribution in [3.63, 3.8) is 0 Å². The number of H-pyrrole nitrogens is 1. The molecule has 1 aliphatic heterocycles. The molecule has 1 N–H and O–H groups in total. The molecule has 4 rings (SSSR count). The van der Waals surface area contributed by atoms with Gasteiger partial charge < -0.3 is 9.72 Å². The van der Waals surface area contributed by atoms with E-state index in [1.165, 1.54) is 36.1 Å². The molecule has 22 heavy (non-hydrogen) atoms. The van der Waals surface area contributed by atoms with Gasteiger partial charge in [-0.25, -0.2) is 4.98 Å². The first kappa shape index (κ1) is 14.7. The number of ether oxygens (including phenoxy) is 1. The molecular formula is C16H20N2O2S2. The summed E-state index contributed by atoms with van der Waals surface area (Å²) in [6, 6.07) is 0. The molecule has 0 amide bonds. The molecule has 0 spiro atoms. The summed E-state index contributed by atoms with van der Waals surface area (Å²) in [5.74, 6) is 0.875. The summed E-state index contributed by atoms with van der Waals surface area (Å²) in [5.41, 5.74) is 1.30. The molecule has 0 saturated carbocycles. The molecule has 2 aromatic rings. The summed E-state index contributed by atoms with van der Waals surface area (Å²) in [5, 5.41) is 1.59. The molecule has 1 atom stereocenters. The van der Waals surface area contributed by atoms with Crippen LogP contribution in [0.15, 0.2) is 9.95 Å².